The van der Waals surface area contributed by atoms with Crippen LogP contribution in [0.15, 0.2) is 0 Å². The van der Waals surface area contributed by atoms with Gasteiger partial charge in [-0.05, 0) is 0 Å². The quantitative estimate of drug-likeness (QED) is 0.598. The molecule has 0 aromatic rings. The van der Waals surface area contributed by atoms with Crippen molar-refractivity contribution in [2.24, 2.45) is 0 Å². The highest BCUT2D eigenvalue weighted by molar-refractivity contribution is 7.47. The Balaban J connectivity index is 4.36. The minimum atomic E-state index is -5.73. The van der Waals surface area contributed by atoms with E-state index in [2.05, 4.69) is 9.05 Å². The van der Waals surface area contributed by atoms with Gasteiger partial charge in [-0.25, -0.2) is 13.3 Å². The molecular formula is C6H7F8O4P. The van der Waals surface area contributed by atoms with Crippen molar-refractivity contribution in [1.29, 1.82) is 0 Å². The molecule has 116 valence electrons. The van der Waals surface area contributed by atoms with E-state index < -0.39 is 45.7 Å². The molecule has 1 N–H and O–H groups in total. The van der Waals surface area contributed by atoms with Crippen LogP contribution in [-0.2, 0) is 13.6 Å². The molecule has 0 aliphatic carbocycles. The van der Waals surface area contributed by atoms with Gasteiger partial charge < -0.3 is 4.89 Å². The van der Waals surface area contributed by atoms with Gasteiger partial charge in [0, 0.05) is 0 Å². The topological polar surface area (TPSA) is 55.8 Å². The molecule has 0 aromatic carbocycles. The molecule has 0 bridgehead atoms. The zero-order valence-electron chi connectivity index (χ0n) is 8.71. The predicted octanol–water partition coefficient (Wildman–Crippen LogP) is 3.62. The minimum absolute atomic E-state index is 2.31. The summed E-state index contributed by atoms with van der Waals surface area (Å²) in [5.41, 5.74) is 0. The highest BCUT2D eigenvalue weighted by atomic mass is 31.2. The highest BCUT2D eigenvalue weighted by Crippen LogP contribution is 2.48. The summed E-state index contributed by atoms with van der Waals surface area (Å²) in [7, 11) is -5.73. The molecule has 0 amide bonds. The average Bonchev–Trinajstić information content (AvgIpc) is 1.89. The molecule has 0 radical (unpaired) electrons. The van der Waals surface area contributed by atoms with Gasteiger partial charge in [-0.2, -0.15) is 26.3 Å². The van der Waals surface area contributed by atoms with E-state index in [1.807, 2.05) is 0 Å². The summed E-state index contributed by atoms with van der Waals surface area (Å²) in [6, 6.07) is 0. The van der Waals surface area contributed by atoms with Crippen molar-refractivity contribution in [1.82, 2.24) is 0 Å². The van der Waals surface area contributed by atoms with Gasteiger partial charge in [0.15, 0.2) is 0 Å². The van der Waals surface area contributed by atoms with Crippen LogP contribution in [0.25, 0.3) is 0 Å². The van der Waals surface area contributed by atoms with Gasteiger partial charge in [0.2, 0.25) is 12.7 Å². The van der Waals surface area contributed by atoms with Crippen LogP contribution in [0.5, 0.6) is 0 Å². The second-order valence-corrected chi connectivity index (χ2v) is 4.50. The fourth-order valence-corrected chi connectivity index (χ4v) is 1.53. The van der Waals surface area contributed by atoms with Crippen LogP contribution >= 0.6 is 7.82 Å². The summed E-state index contributed by atoms with van der Waals surface area (Å²) < 4.78 is 112. The third kappa shape index (κ3) is 11.1. The van der Waals surface area contributed by atoms with Crippen LogP contribution in [0.1, 0.15) is 12.8 Å². The Hall–Kier alpha value is -0.450. The first-order valence-electron chi connectivity index (χ1n) is 4.31. The van der Waals surface area contributed by atoms with E-state index in [4.69, 9.17) is 4.89 Å². The van der Waals surface area contributed by atoms with Crippen molar-refractivity contribution in [2.75, 3.05) is 0 Å². The number of phosphoric ester groups is 1. The maximum absolute atomic E-state index is 12.5. The van der Waals surface area contributed by atoms with Gasteiger partial charge in [-0.3, -0.25) is 9.05 Å². The highest BCUT2D eigenvalue weighted by Gasteiger charge is 2.40. The summed E-state index contributed by atoms with van der Waals surface area (Å²) in [4.78, 5) is 8.55. The number of alkyl halides is 8. The van der Waals surface area contributed by atoms with E-state index in [9.17, 15) is 39.7 Å². The van der Waals surface area contributed by atoms with Crippen LogP contribution in [0.4, 0.5) is 35.1 Å². The molecule has 0 saturated carbocycles. The molecule has 19 heavy (non-hydrogen) atoms. The SMILES string of the molecule is O=P(O)(OC(F)CC(F)(F)F)OC(F)CC(F)(F)F. The standard InChI is InChI=1S/C6H7F8O4P/c7-3(1-5(9,10)11)17-19(15,16)18-4(8)2-6(12,13)14/h3-4H,1-2H2,(H,15,16). The summed E-state index contributed by atoms with van der Waals surface area (Å²) >= 11 is 0. The van der Waals surface area contributed by atoms with Crippen molar-refractivity contribution in [3.8, 4) is 0 Å². The fraction of sp³-hybridized carbons (Fsp3) is 1.00. The molecular weight excluding hydrogens is 319 g/mol. The lowest BCUT2D eigenvalue weighted by atomic mass is 10.4. The third-order valence-corrected chi connectivity index (χ3v) is 2.27. The smallest absolute Gasteiger partial charge is 0.302 e. The monoisotopic (exact) mass is 326 g/mol. The minimum Gasteiger partial charge on any atom is -0.302 e. The van der Waals surface area contributed by atoms with Crippen LogP contribution < -0.4 is 0 Å². The lowest BCUT2D eigenvalue weighted by Crippen LogP contribution is -2.21. The second kappa shape index (κ2) is 6.33. The Kier molecular flexibility index (Phi) is 6.18. The van der Waals surface area contributed by atoms with E-state index >= 15 is 0 Å². The third-order valence-electron chi connectivity index (χ3n) is 1.28. The van der Waals surface area contributed by atoms with Crippen molar-refractivity contribution in [3.05, 3.63) is 0 Å². The Labute approximate surface area is 100 Å². The molecule has 0 fully saturated rings. The molecule has 2 unspecified atom stereocenters. The Morgan fingerprint density at radius 3 is 1.37 bits per heavy atom. The van der Waals surface area contributed by atoms with E-state index in [1.54, 1.807) is 0 Å². The van der Waals surface area contributed by atoms with E-state index in [0.29, 0.717) is 0 Å². The predicted molar refractivity (Wildman–Crippen MR) is 43.1 cm³/mol. The fourth-order valence-electron chi connectivity index (χ4n) is 0.752. The van der Waals surface area contributed by atoms with Gasteiger partial charge >= 0.3 is 20.2 Å². The molecule has 2 atom stereocenters. The van der Waals surface area contributed by atoms with Crippen LogP contribution in [0, 0.1) is 0 Å². The zero-order valence-corrected chi connectivity index (χ0v) is 9.61. The summed E-state index contributed by atoms with van der Waals surface area (Å²) in [6.07, 6.45) is -21.6. The number of hydrogen-bond donors (Lipinski definition) is 1. The number of phosphoric acid groups is 1. The van der Waals surface area contributed by atoms with Gasteiger partial charge in [0.1, 0.15) is 12.8 Å². The van der Waals surface area contributed by atoms with Gasteiger partial charge in [0.05, 0.1) is 0 Å². The van der Waals surface area contributed by atoms with Gasteiger partial charge in [0.25, 0.3) is 0 Å². The number of halogens is 8. The molecule has 0 spiro atoms. The molecule has 0 saturated heterocycles. The first-order valence-corrected chi connectivity index (χ1v) is 5.81. The van der Waals surface area contributed by atoms with Crippen molar-refractivity contribution < 1.29 is 53.6 Å². The Morgan fingerprint density at radius 2 is 1.16 bits per heavy atom. The maximum Gasteiger partial charge on any atom is 0.477 e. The molecule has 0 aliphatic rings. The second-order valence-electron chi connectivity index (χ2n) is 3.14. The molecule has 0 rings (SSSR count). The number of hydrogen-bond acceptors (Lipinski definition) is 3. The zero-order chi connectivity index (χ0) is 15.5. The largest absolute Gasteiger partial charge is 0.477 e. The van der Waals surface area contributed by atoms with Gasteiger partial charge in [-0.1, -0.05) is 0 Å². The summed E-state index contributed by atoms with van der Waals surface area (Å²) in [6.45, 7) is 0. The average molecular weight is 326 g/mol. The summed E-state index contributed by atoms with van der Waals surface area (Å²) in [5.74, 6) is 0. The number of rotatable bonds is 6. The van der Waals surface area contributed by atoms with Crippen LogP contribution in [0.3, 0.4) is 0 Å². The van der Waals surface area contributed by atoms with Crippen molar-refractivity contribution >= 4 is 7.82 Å². The van der Waals surface area contributed by atoms with Crippen LogP contribution in [-0.4, -0.2) is 30.0 Å². The lowest BCUT2D eigenvalue weighted by Gasteiger charge is -2.18. The Morgan fingerprint density at radius 1 is 0.895 bits per heavy atom. The first-order chi connectivity index (χ1) is 8.20. The molecule has 0 aliphatic heterocycles. The van der Waals surface area contributed by atoms with E-state index in [1.165, 1.54) is 0 Å². The summed E-state index contributed by atoms with van der Waals surface area (Å²) in [5, 5.41) is 0. The van der Waals surface area contributed by atoms with Crippen molar-refractivity contribution in [3.63, 3.8) is 0 Å². The molecule has 0 aromatic heterocycles. The Bertz CT molecular complexity index is 300. The first kappa shape index (κ1) is 18.6. The van der Waals surface area contributed by atoms with Crippen LogP contribution in [0.2, 0.25) is 0 Å². The normalized spacial score (nSPS) is 19.8. The van der Waals surface area contributed by atoms with Crippen molar-refractivity contribution in [2.45, 2.75) is 37.9 Å². The molecule has 0 heterocycles. The maximum atomic E-state index is 12.5. The molecule has 4 nitrogen and oxygen atoms in total. The lowest BCUT2D eigenvalue weighted by molar-refractivity contribution is -0.177. The molecule has 13 heteroatoms. The van der Waals surface area contributed by atoms with E-state index in [0.717, 1.165) is 0 Å². The van der Waals surface area contributed by atoms with E-state index in [-0.39, 0.29) is 0 Å². The van der Waals surface area contributed by atoms with Gasteiger partial charge in [-0.15, -0.1) is 0 Å².